The maximum absolute atomic E-state index is 9.60. The van der Waals surface area contributed by atoms with Gasteiger partial charge in [-0.2, -0.15) is 10.4 Å². The van der Waals surface area contributed by atoms with Crippen molar-refractivity contribution >= 4 is 19.1 Å². The van der Waals surface area contributed by atoms with Gasteiger partial charge in [-0.3, -0.25) is 9.67 Å². The highest BCUT2D eigenvalue weighted by Crippen LogP contribution is 2.30. The second kappa shape index (κ2) is 11.1. The lowest BCUT2D eigenvalue weighted by Gasteiger charge is -2.16. The summed E-state index contributed by atoms with van der Waals surface area (Å²) in [7, 11) is -1.14. The molecule has 4 heterocycles. The molecule has 0 amide bonds. The molecular weight excluding hydrogens is 490 g/mol. The number of pyridine rings is 1. The van der Waals surface area contributed by atoms with Gasteiger partial charge in [-0.1, -0.05) is 50.0 Å². The fourth-order valence-electron chi connectivity index (χ4n) is 4.39. The van der Waals surface area contributed by atoms with Gasteiger partial charge in [0.2, 0.25) is 0 Å². The number of nitriles is 1. The average Bonchev–Trinajstić information content (AvgIpc) is 3.57. The summed E-state index contributed by atoms with van der Waals surface area (Å²) in [6, 6.07) is 17.4. The van der Waals surface area contributed by atoms with E-state index in [4.69, 9.17) is 4.74 Å². The molecule has 1 aromatic carbocycles. The van der Waals surface area contributed by atoms with E-state index < -0.39 is 8.07 Å². The molecule has 0 bridgehead atoms. The topological polar surface area (TPSA) is 94.4 Å². The van der Waals surface area contributed by atoms with Crippen LogP contribution in [-0.2, 0) is 11.5 Å². The Morgan fingerprint density at radius 3 is 2.63 bits per heavy atom. The molecule has 8 nitrogen and oxygen atoms in total. The Balaban J connectivity index is 1.41. The van der Waals surface area contributed by atoms with Gasteiger partial charge < -0.3 is 9.30 Å². The predicted octanol–water partition coefficient (Wildman–Crippen LogP) is 6.17. The highest BCUT2D eigenvalue weighted by Gasteiger charge is 2.19. The molecule has 0 aliphatic rings. The maximum atomic E-state index is 9.60. The Hall–Kier alpha value is -4.13. The van der Waals surface area contributed by atoms with Gasteiger partial charge >= 0.3 is 0 Å². The van der Waals surface area contributed by atoms with Crippen molar-refractivity contribution in [2.75, 3.05) is 6.61 Å². The third-order valence-corrected chi connectivity index (χ3v) is 8.22. The molecule has 0 fully saturated rings. The van der Waals surface area contributed by atoms with E-state index in [2.05, 4.69) is 64.0 Å². The molecule has 0 aliphatic carbocycles. The zero-order valence-electron chi connectivity index (χ0n) is 22.0. The Kier molecular flexibility index (Phi) is 7.44. The number of hydrogen-bond donors (Lipinski definition) is 0. The van der Waals surface area contributed by atoms with Crippen LogP contribution < -0.4 is 0 Å². The fraction of sp³-hybridized carbons (Fsp3) is 0.276. The van der Waals surface area contributed by atoms with Gasteiger partial charge in [-0.15, -0.1) is 0 Å². The summed E-state index contributed by atoms with van der Waals surface area (Å²) in [6.07, 6.45) is 11.2. The number of rotatable bonds is 10. The summed E-state index contributed by atoms with van der Waals surface area (Å²) >= 11 is 0. The first-order valence-corrected chi connectivity index (χ1v) is 16.4. The molecule has 0 aliphatic heterocycles. The fourth-order valence-corrected chi connectivity index (χ4v) is 5.15. The summed E-state index contributed by atoms with van der Waals surface area (Å²) < 4.78 is 9.78. The number of benzene rings is 1. The van der Waals surface area contributed by atoms with E-state index in [1.165, 1.54) is 0 Å². The molecule has 0 radical (unpaired) electrons. The van der Waals surface area contributed by atoms with E-state index in [0.29, 0.717) is 6.73 Å². The molecule has 5 rings (SSSR count). The highest BCUT2D eigenvalue weighted by atomic mass is 28.3. The van der Waals surface area contributed by atoms with Gasteiger partial charge in [0.15, 0.2) is 0 Å². The predicted molar refractivity (Wildman–Crippen MR) is 151 cm³/mol. The SMILES string of the molecule is C[Si](C)(C)CCOCn1ccc2c(-c3cnn(C(CC#N)c4cncc(-c5ccccc5)c4)c3)ncnc21. The van der Waals surface area contributed by atoms with E-state index in [1.807, 2.05) is 52.1 Å². The molecule has 4 aromatic heterocycles. The van der Waals surface area contributed by atoms with Crippen LogP contribution in [0.5, 0.6) is 0 Å². The van der Waals surface area contributed by atoms with Crippen molar-refractivity contribution in [3.8, 4) is 28.5 Å². The maximum Gasteiger partial charge on any atom is 0.145 e. The van der Waals surface area contributed by atoms with Crippen LogP contribution in [0.15, 0.2) is 79.8 Å². The van der Waals surface area contributed by atoms with E-state index in [1.54, 1.807) is 18.7 Å². The van der Waals surface area contributed by atoms with E-state index in [0.717, 1.165) is 51.6 Å². The minimum Gasteiger partial charge on any atom is -0.361 e. The molecule has 0 saturated carbocycles. The molecule has 1 atom stereocenters. The standard InChI is InChI=1S/C29H31N7OSi/c1-38(2,3)14-13-37-21-35-12-10-26-28(32-20-33-29(26)35)25-18-34-36(19-25)27(9-11-30)24-15-23(16-31-17-24)22-7-5-4-6-8-22/h4-8,10,12,15-20,27H,9,13-14,21H2,1-3H3. The van der Waals surface area contributed by atoms with E-state index in [9.17, 15) is 5.26 Å². The molecule has 38 heavy (non-hydrogen) atoms. The third kappa shape index (κ3) is 5.72. The molecule has 0 saturated heterocycles. The smallest absolute Gasteiger partial charge is 0.145 e. The molecular formula is C29H31N7OSi. The lowest BCUT2D eigenvalue weighted by atomic mass is 10.0. The Morgan fingerprint density at radius 2 is 1.84 bits per heavy atom. The molecule has 0 N–H and O–H groups in total. The minimum atomic E-state index is -1.14. The number of nitrogens with zero attached hydrogens (tertiary/aromatic N) is 7. The molecule has 0 spiro atoms. The van der Waals surface area contributed by atoms with Crippen molar-refractivity contribution < 1.29 is 4.74 Å². The van der Waals surface area contributed by atoms with Crippen LogP contribution in [0.1, 0.15) is 18.0 Å². The normalized spacial score (nSPS) is 12.5. The minimum absolute atomic E-state index is 0.269. The van der Waals surface area contributed by atoms with Crippen molar-refractivity contribution in [2.45, 2.75) is 44.9 Å². The first kappa shape index (κ1) is 25.5. The van der Waals surface area contributed by atoms with Gasteiger partial charge in [0, 0.05) is 56.0 Å². The number of aromatic nitrogens is 6. The lowest BCUT2D eigenvalue weighted by Crippen LogP contribution is -2.22. The van der Waals surface area contributed by atoms with Gasteiger partial charge in [-0.25, -0.2) is 9.97 Å². The average molecular weight is 522 g/mol. The Labute approximate surface area is 223 Å². The van der Waals surface area contributed by atoms with Crippen molar-refractivity contribution in [1.29, 1.82) is 5.26 Å². The van der Waals surface area contributed by atoms with Crippen molar-refractivity contribution in [2.24, 2.45) is 0 Å². The number of ether oxygens (including phenoxy) is 1. The van der Waals surface area contributed by atoms with Gasteiger partial charge in [-0.05, 0) is 29.3 Å². The van der Waals surface area contributed by atoms with Crippen molar-refractivity contribution in [1.82, 2.24) is 29.3 Å². The first-order valence-electron chi connectivity index (χ1n) is 12.7. The van der Waals surface area contributed by atoms with Crippen LogP contribution in [0.4, 0.5) is 0 Å². The summed E-state index contributed by atoms with van der Waals surface area (Å²) in [4.78, 5) is 13.5. The molecule has 192 valence electrons. The third-order valence-electron chi connectivity index (χ3n) is 6.51. The molecule has 9 heteroatoms. The van der Waals surface area contributed by atoms with Gasteiger partial charge in [0.05, 0.1) is 30.4 Å². The molecule has 5 aromatic rings. The summed E-state index contributed by atoms with van der Waals surface area (Å²) in [5.74, 6) is 0. The monoisotopic (exact) mass is 521 g/mol. The number of hydrogen-bond acceptors (Lipinski definition) is 6. The zero-order valence-corrected chi connectivity index (χ0v) is 23.0. The van der Waals surface area contributed by atoms with Crippen LogP contribution in [0, 0.1) is 11.3 Å². The summed E-state index contributed by atoms with van der Waals surface area (Å²) in [6.45, 7) is 8.25. The van der Waals surface area contributed by atoms with Gasteiger partial charge in [0.1, 0.15) is 18.7 Å². The van der Waals surface area contributed by atoms with Crippen LogP contribution in [0.3, 0.4) is 0 Å². The van der Waals surface area contributed by atoms with Crippen LogP contribution in [0.2, 0.25) is 25.7 Å². The Bertz CT molecular complexity index is 1560. The van der Waals surface area contributed by atoms with E-state index >= 15 is 0 Å². The van der Waals surface area contributed by atoms with Crippen LogP contribution in [0.25, 0.3) is 33.4 Å². The second-order valence-corrected chi connectivity index (χ2v) is 16.2. The zero-order chi connectivity index (χ0) is 26.5. The van der Waals surface area contributed by atoms with Crippen LogP contribution >= 0.6 is 0 Å². The van der Waals surface area contributed by atoms with E-state index in [-0.39, 0.29) is 12.5 Å². The first-order chi connectivity index (χ1) is 18.4. The number of fused-ring (bicyclic) bond motifs is 1. The second-order valence-electron chi connectivity index (χ2n) is 10.6. The van der Waals surface area contributed by atoms with Crippen molar-refractivity contribution in [3.05, 3.63) is 85.3 Å². The van der Waals surface area contributed by atoms with Crippen LogP contribution in [-0.4, -0.2) is 44.0 Å². The van der Waals surface area contributed by atoms with Crippen molar-refractivity contribution in [3.63, 3.8) is 0 Å². The molecule has 1 unspecified atom stereocenters. The summed E-state index contributed by atoms with van der Waals surface area (Å²) in [5.41, 5.74) is 5.50. The largest absolute Gasteiger partial charge is 0.361 e. The quantitative estimate of drug-likeness (QED) is 0.161. The van der Waals surface area contributed by atoms with Gasteiger partial charge in [0.25, 0.3) is 0 Å². The highest BCUT2D eigenvalue weighted by molar-refractivity contribution is 6.76. The lowest BCUT2D eigenvalue weighted by molar-refractivity contribution is 0.0899. The Morgan fingerprint density at radius 1 is 1.00 bits per heavy atom. The summed E-state index contributed by atoms with van der Waals surface area (Å²) in [5, 5.41) is 15.2.